The quantitative estimate of drug-likeness (QED) is 0.785. The number of imidazole rings is 1. The highest BCUT2D eigenvalue weighted by molar-refractivity contribution is 5.74. The molecule has 0 saturated carbocycles. The van der Waals surface area contributed by atoms with Crippen LogP contribution in [-0.4, -0.2) is 38.2 Å². The lowest BCUT2D eigenvalue weighted by atomic mass is 10.00. The Balaban J connectivity index is 1.43. The lowest BCUT2D eigenvalue weighted by molar-refractivity contribution is 0.122. The molecule has 4 rings (SSSR count). The number of hydrogen-bond donors (Lipinski definition) is 1. The number of aromatic amines is 1. The van der Waals surface area contributed by atoms with Crippen molar-refractivity contribution in [1.29, 1.82) is 0 Å². The number of nitrogens with zero attached hydrogens (tertiary/aromatic N) is 4. The van der Waals surface area contributed by atoms with Crippen LogP contribution in [0.25, 0.3) is 11.0 Å². The van der Waals surface area contributed by atoms with Gasteiger partial charge >= 0.3 is 0 Å². The first-order valence-corrected chi connectivity index (χ1v) is 6.74. The average molecular weight is 269 g/mol. The van der Waals surface area contributed by atoms with Crippen LogP contribution in [0.5, 0.6) is 0 Å². The van der Waals surface area contributed by atoms with Crippen LogP contribution in [0.1, 0.15) is 23.5 Å². The molecule has 1 aliphatic heterocycles. The largest absolute Gasteiger partial charge is 0.424 e. The van der Waals surface area contributed by atoms with E-state index < -0.39 is 0 Å². The van der Waals surface area contributed by atoms with Crippen LogP contribution in [-0.2, 0) is 6.54 Å². The Bertz CT molecular complexity index is 708. The molecule has 102 valence electrons. The van der Waals surface area contributed by atoms with Gasteiger partial charge in [0.1, 0.15) is 5.82 Å². The molecule has 1 aromatic carbocycles. The van der Waals surface area contributed by atoms with Gasteiger partial charge in [0.25, 0.3) is 0 Å². The van der Waals surface area contributed by atoms with Gasteiger partial charge in [0.05, 0.1) is 17.6 Å². The van der Waals surface area contributed by atoms with E-state index >= 15 is 0 Å². The summed E-state index contributed by atoms with van der Waals surface area (Å²) in [6.07, 6.45) is 0. The molecule has 3 heterocycles. The number of aromatic nitrogens is 4. The number of hydrogen-bond acceptors (Lipinski definition) is 5. The number of para-hydroxylation sites is 2. The minimum atomic E-state index is 0.464. The fourth-order valence-electron chi connectivity index (χ4n) is 2.63. The smallest absolute Gasteiger partial charge is 0.230 e. The van der Waals surface area contributed by atoms with E-state index in [2.05, 4.69) is 31.1 Å². The highest BCUT2D eigenvalue weighted by atomic mass is 16.4. The van der Waals surface area contributed by atoms with E-state index in [1.54, 1.807) is 0 Å². The number of likely N-dealkylation sites (tertiary alicyclic amines) is 1. The molecule has 0 spiro atoms. The van der Waals surface area contributed by atoms with E-state index in [9.17, 15) is 0 Å². The van der Waals surface area contributed by atoms with Crippen LogP contribution in [0.2, 0.25) is 0 Å². The van der Waals surface area contributed by atoms with E-state index in [-0.39, 0.29) is 0 Å². The zero-order valence-corrected chi connectivity index (χ0v) is 11.2. The van der Waals surface area contributed by atoms with Crippen molar-refractivity contribution < 1.29 is 4.42 Å². The van der Waals surface area contributed by atoms with Crippen LogP contribution < -0.4 is 0 Å². The molecule has 20 heavy (non-hydrogen) atoms. The number of aryl methyl sites for hydroxylation is 1. The summed E-state index contributed by atoms with van der Waals surface area (Å²) >= 11 is 0. The molecule has 1 N–H and O–H groups in total. The highest BCUT2D eigenvalue weighted by Gasteiger charge is 2.31. The van der Waals surface area contributed by atoms with Crippen LogP contribution in [0.15, 0.2) is 28.7 Å². The number of rotatable bonds is 3. The maximum atomic E-state index is 5.39. The summed E-state index contributed by atoms with van der Waals surface area (Å²) in [5, 5.41) is 7.86. The molecule has 0 aliphatic carbocycles. The Morgan fingerprint density at radius 3 is 2.90 bits per heavy atom. The zero-order valence-electron chi connectivity index (χ0n) is 11.2. The lowest BCUT2D eigenvalue weighted by Gasteiger charge is -2.37. The third kappa shape index (κ3) is 1.98. The van der Waals surface area contributed by atoms with Gasteiger partial charge in [-0.25, -0.2) is 4.98 Å². The molecule has 6 nitrogen and oxygen atoms in total. The highest BCUT2D eigenvalue weighted by Crippen LogP contribution is 2.27. The normalized spacial score (nSPS) is 16.6. The summed E-state index contributed by atoms with van der Waals surface area (Å²) in [6, 6.07) is 8.13. The van der Waals surface area contributed by atoms with E-state index in [1.807, 2.05) is 25.1 Å². The van der Waals surface area contributed by atoms with Crippen LogP contribution in [0, 0.1) is 6.92 Å². The van der Waals surface area contributed by atoms with Gasteiger partial charge in [0, 0.05) is 25.9 Å². The second-order valence-electron chi connectivity index (χ2n) is 5.25. The summed E-state index contributed by atoms with van der Waals surface area (Å²) < 4.78 is 5.39. The predicted molar refractivity (Wildman–Crippen MR) is 73.1 cm³/mol. The van der Waals surface area contributed by atoms with Gasteiger partial charge in [-0.3, -0.25) is 4.90 Å². The summed E-state index contributed by atoms with van der Waals surface area (Å²) in [6.45, 7) is 4.48. The van der Waals surface area contributed by atoms with Gasteiger partial charge in [0.15, 0.2) is 0 Å². The number of nitrogens with one attached hydrogen (secondary N) is 1. The van der Waals surface area contributed by atoms with Gasteiger partial charge in [-0.15, -0.1) is 10.2 Å². The van der Waals surface area contributed by atoms with Crippen LogP contribution in [0.3, 0.4) is 0 Å². The maximum absolute atomic E-state index is 5.39. The summed E-state index contributed by atoms with van der Waals surface area (Å²) in [5.41, 5.74) is 2.14. The van der Waals surface area contributed by atoms with Crippen molar-refractivity contribution in [2.45, 2.75) is 19.4 Å². The monoisotopic (exact) mass is 269 g/mol. The predicted octanol–water partition coefficient (Wildman–Crippen LogP) is 1.85. The van der Waals surface area contributed by atoms with Crippen LogP contribution in [0.4, 0.5) is 0 Å². The fourth-order valence-corrected chi connectivity index (χ4v) is 2.63. The van der Waals surface area contributed by atoms with Gasteiger partial charge in [-0.2, -0.15) is 0 Å². The average Bonchev–Trinajstić information content (AvgIpc) is 2.98. The van der Waals surface area contributed by atoms with Crippen LogP contribution >= 0.6 is 0 Å². The SMILES string of the molecule is Cc1nnc(CN2CC(c3nc4ccccc4[nH]3)C2)o1. The minimum absolute atomic E-state index is 0.464. The number of benzene rings is 1. The topological polar surface area (TPSA) is 70.8 Å². The lowest BCUT2D eigenvalue weighted by Crippen LogP contribution is -2.44. The first kappa shape index (κ1) is 11.6. The van der Waals surface area contributed by atoms with Crippen molar-refractivity contribution in [1.82, 2.24) is 25.1 Å². The summed E-state index contributed by atoms with van der Waals surface area (Å²) in [7, 11) is 0. The molecule has 1 fully saturated rings. The first-order valence-electron chi connectivity index (χ1n) is 6.74. The Labute approximate surface area is 115 Å². The van der Waals surface area contributed by atoms with Gasteiger partial charge in [-0.05, 0) is 12.1 Å². The van der Waals surface area contributed by atoms with Gasteiger partial charge < -0.3 is 9.40 Å². The van der Waals surface area contributed by atoms with Crippen molar-refractivity contribution in [3.8, 4) is 0 Å². The summed E-state index contributed by atoms with van der Waals surface area (Å²) in [4.78, 5) is 10.3. The van der Waals surface area contributed by atoms with Crippen molar-refractivity contribution in [2.75, 3.05) is 13.1 Å². The first-order chi connectivity index (χ1) is 9.78. The molecule has 0 bridgehead atoms. The third-order valence-corrected chi connectivity index (χ3v) is 3.68. The van der Waals surface area contributed by atoms with Crippen molar-refractivity contribution in [2.24, 2.45) is 0 Å². The third-order valence-electron chi connectivity index (χ3n) is 3.68. The molecular weight excluding hydrogens is 254 g/mol. The summed E-state index contributed by atoms with van der Waals surface area (Å²) in [5.74, 6) is 2.84. The van der Waals surface area contributed by atoms with E-state index in [1.165, 1.54) is 0 Å². The Morgan fingerprint density at radius 1 is 1.30 bits per heavy atom. The van der Waals surface area contributed by atoms with Crippen molar-refractivity contribution in [3.05, 3.63) is 41.9 Å². The van der Waals surface area contributed by atoms with Crippen molar-refractivity contribution in [3.63, 3.8) is 0 Å². The Kier molecular flexibility index (Phi) is 2.56. The molecule has 0 radical (unpaired) electrons. The molecule has 0 amide bonds. The minimum Gasteiger partial charge on any atom is -0.424 e. The fraction of sp³-hybridized carbons (Fsp3) is 0.357. The molecule has 1 saturated heterocycles. The van der Waals surface area contributed by atoms with E-state index in [4.69, 9.17) is 4.42 Å². The number of fused-ring (bicyclic) bond motifs is 1. The molecular formula is C14H15N5O. The van der Waals surface area contributed by atoms with E-state index in [0.29, 0.717) is 17.7 Å². The second kappa shape index (κ2) is 4.42. The molecule has 1 aliphatic rings. The Hall–Kier alpha value is -2.21. The van der Waals surface area contributed by atoms with Crippen molar-refractivity contribution >= 4 is 11.0 Å². The zero-order chi connectivity index (χ0) is 13.5. The molecule has 0 unspecified atom stereocenters. The van der Waals surface area contributed by atoms with Gasteiger partial charge in [-0.1, -0.05) is 12.1 Å². The molecule has 3 aromatic rings. The Morgan fingerprint density at radius 2 is 2.15 bits per heavy atom. The molecule has 6 heteroatoms. The van der Waals surface area contributed by atoms with E-state index in [0.717, 1.165) is 36.5 Å². The molecule has 2 aromatic heterocycles. The molecule has 0 atom stereocenters. The van der Waals surface area contributed by atoms with Gasteiger partial charge in [0.2, 0.25) is 11.8 Å². The maximum Gasteiger partial charge on any atom is 0.230 e. The number of H-pyrrole nitrogens is 1. The second-order valence-corrected chi connectivity index (χ2v) is 5.25. The standard InChI is InChI=1S/C14H15N5O/c1-9-17-18-13(20-9)8-19-6-10(7-19)14-15-11-4-2-3-5-12(11)16-14/h2-5,10H,6-8H2,1H3,(H,15,16).